The molecule has 0 aliphatic heterocycles. The van der Waals surface area contributed by atoms with Crippen LogP contribution in [0.3, 0.4) is 0 Å². The second-order valence-corrected chi connectivity index (χ2v) is 10.5. The van der Waals surface area contributed by atoms with Crippen LogP contribution in [0.25, 0.3) is 45.6 Å². The minimum atomic E-state index is 0.720. The van der Waals surface area contributed by atoms with E-state index in [9.17, 15) is 0 Å². The van der Waals surface area contributed by atoms with Crippen LogP contribution in [0.15, 0.2) is 97.1 Å². The lowest BCUT2D eigenvalue weighted by atomic mass is 10.1. The highest BCUT2D eigenvalue weighted by atomic mass is 15.0. The molecule has 0 amide bonds. The molecule has 0 N–H and O–H groups in total. The van der Waals surface area contributed by atoms with Crippen molar-refractivity contribution in [1.29, 1.82) is 0 Å². The summed E-state index contributed by atoms with van der Waals surface area (Å²) >= 11 is 0. The zero-order valence-electron chi connectivity index (χ0n) is 24.9. The molecular weight excluding hydrogens is 516 g/mol. The number of aryl methyl sites for hydroxylation is 6. The van der Waals surface area contributed by atoms with E-state index in [0.717, 1.165) is 57.2 Å². The van der Waals surface area contributed by atoms with Gasteiger partial charge in [-0.2, -0.15) is 0 Å². The molecule has 0 atom stereocenters. The van der Waals surface area contributed by atoms with E-state index in [1.54, 1.807) is 0 Å². The molecular formula is C36H34N6. The van der Waals surface area contributed by atoms with Crippen molar-refractivity contribution in [2.75, 3.05) is 0 Å². The number of hydrogen-bond acceptors (Lipinski definition) is 6. The standard InChI is InChI=1S/2C18H17N3/c1-12-4-8-15(9-5-12)17-19-14(3)20-18(21-17)16-10-6-13(2)7-11-16;1-12-6-4-8-15(10-12)17-19-14(3)20-18(21-17)16-9-5-7-13(2)11-16/h2*4-11H,1-3H3. The zero-order valence-corrected chi connectivity index (χ0v) is 24.9. The summed E-state index contributed by atoms with van der Waals surface area (Å²) in [6.45, 7) is 12.1. The van der Waals surface area contributed by atoms with Gasteiger partial charge in [0.05, 0.1) is 0 Å². The number of nitrogens with zero attached hydrogens (tertiary/aromatic N) is 6. The third-order valence-electron chi connectivity index (χ3n) is 6.67. The van der Waals surface area contributed by atoms with Crippen molar-refractivity contribution in [3.63, 3.8) is 0 Å². The molecule has 0 radical (unpaired) electrons. The molecule has 2 aromatic heterocycles. The van der Waals surface area contributed by atoms with Crippen molar-refractivity contribution in [3.05, 3.63) is 131 Å². The average molecular weight is 551 g/mol. The van der Waals surface area contributed by atoms with Crippen LogP contribution >= 0.6 is 0 Å². The average Bonchev–Trinajstić information content (AvgIpc) is 2.98. The largest absolute Gasteiger partial charge is 0.213 e. The molecule has 0 aliphatic carbocycles. The van der Waals surface area contributed by atoms with Crippen LogP contribution in [-0.4, -0.2) is 29.9 Å². The van der Waals surface area contributed by atoms with E-state index < -0.39 is 0 Å². The Hall–Kier alpha value is -5.10. The molecule has 2 heterocycles. The van der Waals surface area contributed by atoms with Crippen molar-refractivity contribution < 1.29 is 0 Å². The normalized spacial score (nSPS) is 10.6. The molecule has 42 heavy (non-hydrogen) atoms. The lowest BCUT2D eigenvalue weighted by Gasteiger charge is -2.06. The Labute approximate surface area is 247 Å². The first-order chi connectivity index (χ1) is 20.2. The van der Waals surface area contributed by atoms with E-state index in [1.807, 2.05) is 62.4 Å². The van der Waals surface area contributed by atoms with E-state index in [1.165, 1.54) is 22.3 Å². The minimum absolute atomic E-state index is 0.720. The highest BCUT2D eigenvalue weighted by Crippen LogP contribution is 2.22. The topological polar surface area (TPSA) is 77.3 Å². The summed E-state index contributed by atoms with van der Waals surface area (Å²) in [6.07, 6.45) is 0. The van der Waals surface area contributed by atoms with Gasteiger partial charge in [-0.15, -0.1) is 0 Å². The fourth-order valence-electron chi connectivity index (χ4n) is 4.45. The SMILES string of the molecule is Cc1ccc(-c2nc(C)nc(-c3ccc(C)cc3)n2)cc1.Cc1cccc(-c2nc(C)nc(-c3cccc(C)c3)n2)c1. The van der Waals surface area contributed by atoms with E-state index >= 15 is 0 Å². The lowest BCUT2D eigenvalue weighted by Crippen LogP contribution is -1.99. The maximum absolute atomic E-state index is 4.63. The van der Waals surface area contributed by atoms with Gasteiger partial charge < -0.3 is 0 Å². The number of rotatable bonds is 4. The van der Waals surface area contributed by atoms with E-state index in [2.05, 4.69) is 106 Å². The first-order valence-electron chi connectivity index (χ1n) is 14.0. The Morgan fingerprint density at radius 1 is 0.310 bits per heavy atom. The molecule has 0 unspecified atom stereocenters. The fraction of sp³-hybridized carbons (Fsp3) is 0.167. The fourth-order valence-corrected chi connectivity index (χ4v) is 4.45. The number of benzene rings is 4. The second-order valence-electron chi connectivity index (χ2n) is 10.5. The van der Waals surface area contributed by atoms with E-state index in [4.69, 9.17) is 0 Å². The summed E-state index contributed by atoms with van der Waals surface area (Å²) in [5.41, 5.74) is 8.92. The number of hydrogen-bond donors (Lipinski definition) is 0. The van der Waals surface area contributed by atoms with Crippen molar-refractivity contribution in [2.24, 2.45) is 0 Å². The summed E-state index contributed by atoms with van der Waals surface area (Å²) in [5.74, 6) is 4.36. The zero-order chi connectivity index (χ0) is 29.6. The van der Waals surface area contributed by atoms with Gasteiger partial charge in [-0.25, -0.2) is 29.9 Å². The molecule has 6 heteroatoms. The molecule has 6 rings (SSSR count). The van der Waals surface area contributed by atoms with Crippen LogP contribution in [-0.2, 0) is 0 Å². The quantitative estimate of drug-likeness (QED) is 0.220. The molecule has 4 aromatic carbocycles. The maximum atomic E-state index is 4.63. The van der Waals surface area contributed by atoms with Crippen molar-refractivity contribution in [2.45, 2.75) is 41.5 Å². The predicted octanol–water partition coefficient (Wildman–Crippen LogP) is 8.26. The number of aromatic nitrogens is 6. The third kappa shape index (κ3) is 7.15. The maximum Gasteiger partial charge on any atom is 0.163 e. The van der Waals surface area contributed by atoms with Crippen LogP contribution in [0, 0.1) is 41.5 Å². The first kappa shape index (κ1) is 28.4. The highest BCUT2D eigenvalue weighted by molar-refractivity contribution is 5.63. The Morgan fingerprint density at radius 3 is 0.976 bits per heavy atom. The summed E-state index contributed by atoms with van der Waals surface area (Å²) < 4.78 is 0. The van der Waals surface area contributed by atoms with Gasteiger partial charge in [0.1, 0.15) is 11.6 Å². The van der Waals surface area contributed by atoms with Crippen molar-refractivity contribution in [1.82, 2.24) is 29.9 Å². The van der Waals surface area contributed by atoms with Crippen molar-refractivity contribution >= 4 is 0 Å². The van der Waals surface area contributed by atoms with Crippen molar-refractivity contribution in [3.8, 4) is 45.6 Å². The molecule has 0 aliphatic rings. The third-order valence-corrected chi connectivity index (χ3v) is 6.67. The molecule has 6 nitrogen and oxygen atoms in total. The Bertz CT molecular complexity index is 1700. The molecule has 0 bridgehead atoms. The molecule has 0 fully saturated rings. The summed E-state index contributed by atoms with van der Waals surface area (Å²) in [4.78, 5) is 27.1. The molecule has 0 saturated carbocycles. The van der Waals surface area contributed by atoms with Gasteiger partial charge in [-0.1, -0.05) is 107 Å². The van der Waals surface area contributed by atoms with Gasteiger partial charge in [-0.05, 0) is 53.7 Å². The Kier molecular flexibility index (Phi) is 8.53. The Balaban J connectivity index is 0.000000168. The molecule has 6 aromatic rings. The van der Waals surface area contributed by atoms with Crippen LogP contribution in [0.4, 0.5) is 0 Å². The molecule has 0 spiro atoms. The minimum Gasteiger partial charge on any atom is -0.213 e. The van der Waals surface area contributed by atoms with Gasteiger partial charge in [0.2, 0.25) is 0 Å². The summed E-state index contributed by atoms with van der Waals surface area (Å²) in [6, 6.07) is 32.9. The van der Waals surface area contributed by atoms with Gasteiger partial charge in [-0.3, -0.25) is 0 Å². The van der Waals surface area contributed by atoms with E-state index in [0.29, 0.717) is 0 Å². The van der Waals surface area contributed by atoms with Crippen LogP contribution in [0.2, 0.25) is 0 Å². The van der Waals surface area contributed by atoms with Crippen LogP contribution in [0.5, 0.6) is 0 Å². The second kappa shape index (κ2) is 12.6. The monoisotopic (exact) mass is 550 g/mol. The van der Waals surface area contributed by atoms with Gasteiger partial charge in [0.15, 0.2) is 23.3 Å². The predicted molar refractivity (Wildman–Crippen MR) is 170 cm³/mol. The van der Waals surface area contributed by atoms with E-state index in [-0.39, 0.29) is 0 Å². The Morgan fingerprint density at radius 2 is 0.643 bits per heavy atom. The van der Waals surface area contributed by atoms with Gasteiger partial charge in [0, 0.05) is 22.3 Å². The van der Waals surface area contributed by atoms with Gasteiger partial charge in [0.25, 0.3) is 0 Å². The van der Waals surface area contributed by atoms with Crippen LogP contribution in [0.1, 0.15) is 33.9 Å². The lowest BCUT2D eigenvalue weighted by molar-refractivity contribution is 0.991. The van der Waals surface area contributed by atoms with Gasteiger partial charge >= 0.3 is 0 Å². The molecule has 0 saturated heterocycles. The van der Waals surface area contributed by atoms with Crippen LogP contribution < -0.4 is 0 Å². The molecule has 208 valence electrons. The summed E-state index contributed by atoms with van der Waals surface area (Å²) in [5, 5.41) is 0. The highest BCUT2D eigenvalue weighted by Gasteiger charge is 2.10. The summed E-state index contributed by atoms with van der Waals surface area (Å²) in [7, 11) is 0. The smallest absolute Gasteiger partial charge is 0.163 e. The first-order valence-corrected chi connectivity index (χ1v) is 14.0.